The summed E-state index contributed by atoms with van der Waals surface area (Å²) in [4.78, 5) is 0. The molecule has 3 rings (SSSR count). The Bertz CT molecular complexity index is 732. The minimum absolute atomic E-state index is 0.535. The molecule has 0 saturated carbocycles. The summed E-state index contributed by atoms with van der Waals surface area (Å²) in [6.07, 6.45) is 4.05. The fourth-order valence-corrected chi connectivity index (χ4v) is 2.12. The van der Waals surface area contributed by atoms with E-state index in [1.54, 1.807) is 0 Å². The van der Waals surface area contributed by atoms with Crippen LogP contribution in [0.4, 0.5) is 0 Å². The third kappa shape index (κ3) is 4.75. The molecule has 0 radical (unpaired) electrons. The molecule has 0 fully saturated rings. The highest BCUT2D eigenvalue weighted by atomic mass is 16.5. The van der Waals surface area contributed by atoms with Crippen molar-refractivity contribution < 1.29 is 9.47 Å². The van der Waals surface area contributed by atoms with Crippen LogP contribution in [0.2, 0.25) is 0 Å². The molecule has 0 spiro atoms. The van der Waals surface area contributed by atoms with Crippen molar-refractivity contribution in [2.45, 2.75) is 0 Å². The maximum atomic E-state index is 5.75. The van der Waals surface area contributed by atoms with Crippen LogP contribution in [0.1, 0.15) is 5.56 Å². The molecular formula is C21H18O2. The normalized spacial score (nSPS) is 10.6. The molecule has 3 aromatic carbocycles. The summed E-state index contributed by atoms with van der Waals surface area (Å²) < 4.78 is 11.4. The molecule has 0 unspecified atom stereocenters. The lowest BCUT2D eigenvalue weighted by Crippen LogP contribution is -1.93. The zero-order valence-corrected chi connectivity index (χ0v) is 12.8. The molecule has 0 aliphatic rings. The lowest BCUT2D eigenvalue weighted by atomic mass is 10.2. The fourth-order valence-electron chi connectivity index (χ4n) is 2.12. The highest BCUT2D eigenvalue weighted by Gasteiger charge is 1.97. The minimum Gasteiger partial charge on any atom is -0.490 e. The van der Waals surface area contributed by atoms with Gasteiger partial charge in [0.2, 0.25) is 0 Å². The molecular weight excluding hydrogens is 284 g/mol. The first-order valence-electron chi connectivity index (χ1n) is 7.57. The predicted octanol–water partition coefficient (Wildman–Crippen LogP) is 5.57. The molecule has 0 heterocycles. The van der Waals surface area contributed by atoms with Crippen molar-refractivity contribution >= 4 is 6.08 Å². The molecule has 2 heteroatoms. The Morgan fingerprint density at radius 3 is 1.87 bits per heavy atom. The topological polar surface area (TPSA) is 18.5 Å². The Labute approximate surface area is 136 Å². The van der Waals surface area contributed by atoms with E-state index in [0.717, 1.165) is 17.2 Å². The van der Waals surface area contributed by atoms with Gasteiger partial charge in [-0.25, -0.2) is 0 Å². The maximum absolute atomic E-state index is 5.75. The van der Waals surface area contributed by atoms with Gasteiger partial charge in [0, 0.05) is 0 Å². The smallest absolute Gasteiger partial charge is 0.127 e. The maximum Gasteiger partial charge on any atom is 0.127 e. The molecule has 114 valence electrons. The number of para-hydroxylation sites is 1. The van der Waals surface area contributed by atoms with Crippen LogP contribution in [-0.4, -0.2) is 6.61 Å². The van der Waals surface area contributed by atoms with E-state index in [1.165, 1.54) is 5.56 Å². The van der Waals surface area contributed by atoms with Gasteiger partial charge in [-0.2, -0.15) is 0 Å². The van der Waals surface area contributed by atoms with Gasteiger partial charge in [-0.3, -0.25) is 0 Å². The number of rotatable bonds is 6. The van der Waals surface area contributed by atoms with Crippen LogP contribution in [0, 0.1) is 0 Å². The fraction of sp³-hybridized carbons (Fsp3) is 0.0476. The lowest BCUT2D eigenvalue weighted by Gasteiger charge is -2.07. The van der Waals surface area contributed by atoms with Crippen molar-refractivity contribution in [3.8, 4) is 17.2 Å². The van der Waals surface area contributed by atoms with E-state index in [-0.39, 0.29) is 0 Å². The lowest BCUT2D eigenvalue weighted by molar-refractivity contribution is 0.362. The number of hydrogen-bond acceptors (Lipinski definition) is 2. The molecule has 0 atom stereocenters. The van der Waals surface area contributed by atoms with Crippen molar-refractivity contribution in [1.29, 1.82) is 0 Å². The molecule has 2 nitrogen and oxygen atoms in total. The second-order valence-electron chi connectivity index (χ2n) is 5.01. The van der Waals surface area contributed by atoms with Crippen molar-refractivity contribution in [3.63, 3.8) is 0 Å². The van der Waals surface area contributed by atoms with Gasteiger partial charge in [-0.1, -0.05) is 54.6 Å². The van der Waals surface area contributed by atoms with Crippen LogP contribution in [-0.2, 0) is 0 Å². The highest BCUT2D eigenvalue weighted by molar-refractivity contribution is 5.48. The average molecular weight is 302 g/mol. The van der Waals surface area contributed by atoms with Crippen molar-refractivity contribution in [1.82, 2.24) is 0 Å². The van der Waals surface area contributed by atoms with E-state index < -0.39 is 0 Å². The molecule has 3 aromatic rings. The third-order valence-electron chi connectivity index (χ3n) is 3.26. The van der Waals surface area contributed by atoms with Crippen LogP contribution in [0.15, 0.2) is 91.0 Å². The monoisotopic (exact) mass is 302 g/mol. The summed E-state index contributed by atoms with van der Waals surface area (Å²) in [5.41, 5.74) is 1.17. The Balaban J connectivity index is 1.51. The quantitative estimate of drug-likeness (QED) is 0.592. The van der Waals surface area contributed by atoms with Crippen molar-refractivity contribution in [3.05, 3.63) is 96.6 Å². The summed E-state index contributed by atoms with van der Waals surface area (Å²) in [6.45, 7) is 0.535. The first kappa shape index (κ1) is 14.9. The molecule has 0 amide bonds. The molecule has 0 aliphatic heterocycles. The molecule has 23 heavy (non-hydrogen) atoms. The van der Waals surface area contributed by atoms with Crippen LogP contribution in [0.5, 0.6) is 17.2 Å². The van der Waals surface area contributed by atoms with E-state index in [9.17, 15) is 0 Å². The largest absolute Gasteiger partial charge is 0.490 e. The van der Waals surface area contributed by atoms with Gasteiger partial charge in [-0.05, 0) is 48.0 Å². The van der Waals surface area contributed by atoms with Gasteiger partial charge in [0.05, 0.1) is 0 Å². The van der Waals surface area contributed by atoms with Crippen LogP contribution >= 0.6 is 0 Å². The second kappa shape index (κ2) is 7.85. The van der Waals surface area contributed by atoms with Gasteiger partial charge in [0.25, 0.3) is 0 Å². The van der Waals surface area contributed by atoms with Crippen LogP contribution in [0.25, 0.3) is 6.08 Å². The minimum atomic E-state index is 0.535. The van der Waals surface area contributed by atoms with Gasteiger partial charge in [0.15, 0.2) is 0 Å². The Kier molecular flexibility index (Phi) is 5.09. The first-order chi connectivity index (χ1) is 11.4. The summed E-state index contributed by atoms with van der Waals surface area (Å²) in [7, 11) is 0. The van der Waals surface area contributed by atoms with Gasteiger partial charge in [0.1, 0.15) is 23.9 Å². The summed E-state index contributed by atoms with van der Waals surface area (Å²) in [5.74, 6) is 2.44. The number of benzene rings is 3. The van der Waals surface area contributed by atoms with Crippen molar-refractivity contribution in [2.75, 3.05) is 6.61 Å². The average Bonchev–Trinajstić information content (AvgIpc) is 2.62. The van der Waals surface area contributed by atoms with Crippen molar-refractivity contribution in [2.24, 2.45) is 0 Å². The van der Waals surface area contributed by atoms with E-state index in [0.29, 0.717) is 6.61 Å². The molecule has 0 aliphatic carbocycles. The molecule has 0 bridgehead atoms. The predicted molar refractivity (Wildman–Crippen MR) is 93.9 cm³/mol. The summed E-state index contributed by atoms with van der Waals surface area (Å²) in [5, 5.41) is 0. The zero-order valence-electron chi connectivity index (χ0n) is 12.8. The number of ether oxygens (including phenoxy) is 2. The van der Waals surface area contributed by atoms with E-state index in [1.807, 2.05) is 84.9 Å². The standard InChI is InChI=1S/C21H18O2/c1-3-8-18(9-4-1)10-7-17-22-19-13-15-21(16-14-19)23-20-11-5-2-6-12-20/h1-16H,17H2/b10-7+. The molecule has 0 aromatic heterocycles. The van der Waals surface area contributed by atoms with Gasteiger partial charge in [-0.15, -0.1) is 0 Å². The summed E-state index contributed by atoms with van der Waals surface area (Å²) >= 11 is 0. The Morgan fingerprint density at radius 2 is 1.17 bits per heavy atom. The Morgan fingerprint density at radius 1 is 0.609 bits per heavy atom. The first-order valence-corrected chi connectivity index (χ1v) is 7.57. The number of hydrogen-bond donors (Lipinski definition) is 0. The Hall–Kier alpha value is -3.00. The molecule has 0 saturated heterocycles. The zero-order chi connectivity index (χ0) is 15.7. The molecule has 0 N–H and O–H groups in total. The summed E-state index contributed by atoms with van der Waals surface area (Å²) in [6, 6.07) is 27.5. The second-order valence-corrected chi connectivity index (χ2v) is 5.01. The van der Waals surface area contributed by atoms with E-state index >= 15 is 0 Å². The highest BCUT2D eigenvalue weighted by Crippen LogP contribution is 2.23. The SMILES string of the molecule is C(=C\c1ccccc1)/COc1ccc(Oc2ccccc2)cc1. The third-order valence-corrected chi connectivity index (χ3v) is 3.26. The van der Waals surface area contributed by atoms with Gasteiger partial charge >= 0.3 is 0 Å². The van der Waals surface area contributed by atoms with E-state index in [4.69, 9.17) is 9.47 Å². The van der Waals surface area contributed by atoms with Crippen LogP contribution < -0.4 is 9.47 Å². The van der Waals surface area contributed by atoms with Gasteiger partial charge < -0.3 is 9.47 Å². The van der Waals surface area contributed by atoms with Crippen LogP contribution in [0.3, 0.4) is 0 Å². The van der Waals surface area contributed by atoms with E-state index in [2.05, 4.69) is 12.1 Å².